The van der Waals surface area contributed by atoms with Crippen LogP contribution >= 0.6 is 0 Å². The second-order valence-corrected chi connectivity index (χ2v) is 3.82. The van der Waals surface area contributed by atoms with Crippen LogP contribution in [0.5, 0.6) is 0 Å². The summed E-state index contributed by atoms with van der Waals surface area (Å²) in [4.78, 5) is 16.5. The van der Waals surface area contributed by atoms with Gasteiger partial charge in [0.1, 0.15) is 11.6 Å². The molecule has 0 saturated carbocycles. The molecule has 0 aliphatic carbocycles. The van der Waals surface area contributed by atoms with E-state index in [1.165, 1.54) is 11.9 Å². The first-order chi connectivity index (χ1) is 8.77. The van der Waals surface area contributed by atoms with Crippen LogP contribution in [0, 0.1) is 0 Å². The maximum atomic E-state index is 12.7. The fourth-order valence-corrected chi connectivity index (χ4v) is 1.47. The summed E-state index contributed by atoms with van der Waals surface area (Å²) in [5.41, 5.74) is 4.49. The summed E-state index contributed by atoms with van der Waals surface area (Å²) >= 11 is 0. The minimum atomic E-state index is -4.50. The summed E-state index contributed by atoms with van der Waals surface area (Å²) in [5.74, 6) is -0.529. The van der Waals surface area contributed by atoms with Crippen LogP contribution in [-0.2, 0) is 11.0 Å². The minimum Gasteiger partial charge on any atom is -0.384 e. The van der Waals surface area contributed by atoms with Crippen molar-refractivity contribution in [1.29, 1.82) is 0 Å². The molecule has 1 amide bonds. The quantitative estimate of drug-likeness (QED) is 0.868. The molecular weight excluding hydrogens is 261 g/mol. The van der Waals surface area contributed by atoms with Crippen molar-refractivity contribution in [2.45, 2.75) is 13.1 Å². The van der Waals surface area contributed by atoms with Crippen molar-refractivity contribution in [3.63, 3.8) is 0 Å². The van der Waals surface area contributed by atoms with Gasteiger partial charge in [-0.1, -0.05) is 0 Å². The Hall–Kier alpha value is -1.99. The Morgan fingerprint density at radius 1 is 1.47 bits per heavy atom. The number of hydrogen-bond donors (Lipinski definition) is 2. The Bertz CT molecular complexity index is 462. The smallest absolute Gasteiger partial charge is 0.384 e. The van der Waals surface area contributed by atoms with E-state index in [-0.39, 0.29) is 24.1 Å². The summed E-state index contributed by atoms with van der Waals surface area (Å²) in [5, 5.41) is 2.40. The Labute approximate surface area is 108 Å². The van der Waals surface area contributed by atoms with Gasteiger partial charge in [-0.2, -0.15) is 13.2 Å². The number of nitrogens with one attached hydrogen (secondary N) is 1. The van der Waals surface area contributed by atoms with Crippen molar-refractivity contribution in [3.05, 3.63) is 17.7 Å². The summed E-state index contributed by atoms with van der Waals surface area (Å²) in [6, 6.07) is 1.64. The van der Waals surface area contributed by atoms with Gasteiger partial charge in [0.2, 0.25) is 5.91 Å². The van der Waals surface area contributed by atoms with Crippen molar-refractivity contribution >= 4 is 17.5 Å². The van der Waals surface area contributed by atoms with Gasteiger partial charge in [-0.15, -0.1) is 0 Å². The van der Waals surface area contributed by atoms with Gasteiger partial charge in [0.05, 0.1) is 12.1 Å². The molecule has 1 aromatic heterocycles. The van der Waals surface area contributed by atoms with Gasteiger partial charge >= 0.3 is 6.18 Å². The fourth-order valence-electron chi connectivity index (χ4n) is 1.47. The van der Waals surface area contributed by atoms with Crippen LogP contribution in [0.15, 0.2) is 12.1 Å². The molecule has 0 fully saturated rings. The lowest BCUT2D eigenvalue weighted by atomic mass is 10.2. The third kappa shape index (κ3) is 4.01. The summed E-state index contributed by atoms with van der Waals surface area (Å²) in [6.45, 7) is 1.96. The van der Waals surface area contributed by atoms with Crippen LogP contribution in [0.3, 0.4) is 0 Å². The van der Waals surface area contributed by atoms with Gasteiger partial charge in [-0.25, -0.2) is 4.98 Å². The third-order valence-corrected chi connectivity index (χ3v) is 2.48. The second-order valence-electron chi connectivity index (χ2n) is 3.82. The van der Waals surface area contributed by atoms with E-state index in [0.717, 1.165) is 12.1 Å². The van der Waals surface area contributed by atoms with Crippen LogP contribution in [0.1, 0.15) is 12.5 Å². The largest absolute Gasteiger partial charge is 0.416 e. The van der Waals surface area contributed by atoms with E-state index in [4.69, 9.17) is 5.73 Å². The predicted octanol–water partition coefficient (Wildman–Crippen LogP) is 1.25. The number of carbonyl (C=O) groups excluding carboxylic acids is 1. The topological polar surface area (TPSA) is 71.2 Å². The third-order valence-electron chi connectivity index (χ3n) is 2.48. The van der Waals surface area contributed by atoms with Crippen LogP contribution in [0.25, 0.3) is 0 Å². The number of alkyl halides is 3. The monoisotopic (exact) mass is 276 g/mol. The van der Waals surface area contributed by atoms with E-state index in [1.807, 2.05) is 0 Å². The lowest BCUT2D eigenvalue weighted by Gasteiger charge is -2.22. The number of nitrogen functional groups attached to an aromatic ring is 1. The average Bonchev–Trinajstić information content (AvgIpc) is 2.33. The first-order valence-corrected chi connectivity index (χ1v) is 5.58. The molecule has 0 aliphatic rings. The summed E-state index contributed by atoms with van der Waals surface area (Å²) in [7, 11) is 1.45. The highest BCUT2D eigenvalue weighted by Crippen LogP contribution is 2.32. The fraction of sp³-hybridized carbons (Fsp3) is 0.455. The van der Waals surface area contributed by atoms with Gasteiger partial charge in [0, 0.05) is 13.6 Å². The molecule has 19 heavy (non-hydrogen) atoms. The van der Waals surface area contributed by atoms with Crippen LogP contribution in [-0.4, -0.2) is 31.0 Å². The molecule has 0 atom stereocenters. The number of pyridine rings is 1. The van der Waals surface area contributed by atoms with Crippen LogP contribution < -0.4 is 16.0 Å². The maximum absolute atomic E-state index is 12.7. The molecular formula is C11H15F3N4O. The first-order valence-electron chi connectivity index (χ1n) is 5.58. The molecule has 0 bridgehead atoms. The Morgan fingerprint density at radius 3 is 2.58 bits per heavy atom. The normalized spacial score (nSPS) is 11.2. The molecule has 106 valence electrons. The van der Waals surface area contributed by atoms with Gasteiger partial charge < -0.3 is 16.0 Å². The van der Waals surface area contributed by atoms with Gasteiger partial charge in [0.15, 0.2) is 0 Å². The molecule has 3 N–H and O–H groups in total. The highest BCUT2D eigenvalue weighted by molar-refractivity contribution is 5.80. The number of likely N-dealkylation sites (N-methyl/N-ethyl adjacent to an activating group) is 2. The lowest BCUT2D eigenvalue weighted by Crippen LogP contribution is -2.36. The summed E-state index contributed by atoms with van der Waals surface area (Å²) in [6.07, 6.45) is -4.50. The molecule has 1 rings (SSSR count). The molecule has 1 heterocycles. The number of rotatable bonds is 4. The number of carbonyl (C=O) groups is 1. The van der Waals surface area contributed by atoms with E-state index < -0.39 is 11.7 Å². The number of halogens is 3. The molecule has 8 heteroatoms. The van der Waals surface area contributed by atoms with Crippen molar-refractivity contribution in [2.75, 3.05) is 30.8 Å². The number of anilines is 2. The van der Waals surface area contributed by atoms with E-state index in [9.17, 15) is 18.0 Å². The van der Waals surface area contributed by atoms with E-state index in [0.29, 0.717) is 6.54 Å². The lowest BCUT2D eigenvalue weighted by molar-refractivity contribution is -0.137. The molecule has 0 radical (unpaired) electrons. The SMILES string of the molecule is CCN(CC(=O)NC)c1cc(C(F)(F)F)cc(N)n1. The molecule has 1 aromatic rings. The Morgan fingerprint density at radius 2 is 2.11 bits per heavy atom. The average molecular weight is 276 g/mol. The van der Waals surface area contributed by atoms with E-state index >= 15 is 0 Å². The van der Waals surface area contributed by atoms with Crippen molar-refractivity contribution in [2.24, 2.45) is 0 Å². The van der Waals surface area contributed by atoms with E-state index in [1.54, 1.807) is 6.92 Å². The molecule has 0 spiro atoms. The Kier molecular flexibility index (Phi) is 4.57. The molecule has 0 unspecified atom stereocenters. The molecule has 0 aromatic carbocycles. The number of hydrogen-bond acceptors (Lipinski definition) is 4. The Balaban J connectivity index is 3.10. The number of nitrogens with two attached hydrogens (primary N) is 1. The number of amides is 1. The minimum absolute atomic E-state index is 0.0263. The highest BCUT2D eigenvalue weighted by Gasteiger charge is 2.32. The number of nitrogens with zero attached hydrogens (tertiary/aromatic N) is 2. The first kappa shape index (κ1) is 15.1. The van der Waals surface area contributed by atoms with Gasteiger partial charge in [-0.05, 0) is 19.1 Å². The highest BCUT2D eigenvalue weighted by atomic mass is 19.4. The summed E-state index contributed by atoms with van der Waals surface area (Å²) < 4.78 is 38.0. The zero-order valence-corrected chi connectivity index (χ0v) is 10.6. The number of aromatic nitrogens is 1. The van der Waals surface area contributed by atoms with Crippen LogP contribution in [0.4, 0.5) is 24.8 Å². The maximum Gasteiger partial charge on any atom is 0.416 e. The molecule has 0 saturated heterocycles. The van der Waals surface area contributed by atoms with Crippen molar-refractivity contribution in [3.8, 4) is 0 Å². The van der Waals surface area contributed by atoms with Crippen LogP contribution in [0.2, 0.25) is 0 Å². The zero-order valence-electron chi connectivity index (χ0n) is 10.6. The molecule has 5 nitrogen and oxygen atoms in total. The van der Waals surface area contributed by atoms with Gasteiger partial charge in [0.25, 0.3) is 0 Å². The zero-order chi connectivity index (χ0) is 14.6. The van der Waals surface area contributed by atoms with E-state index in [2.05, 4.69) is 10.3 Å². The van der Waals surface area contributed by atoms with Crippen molar-refractivity contribution < 1.29 is 18.0 Å². The predicted molar refractivity (Wildman–Crippen MR) is 65.6 cm³/mol. The second kappa shape index (κ2) is 5.77. The van der Waals surface area contributed by atoms with Gasteiger partial charge in [-0.3, -0.25) is 4.79 Å². The molecule has 0 aliphatic heterocycles. The van der Waals surface area contributed by atoms with Crippen molar-refractivity contribution in [1.82, 2.24) is 10.3 Å². The standard InChI is InChI=1S/C11H15F3N4O/c1-3-18(6-10(19)16-2)9-5-7(11(12,13)14)4-8(15)17-9/h4-5H,3,6H2,1-2H3,(H2,15,17)(H,16,19).